The lowest BCUT2D eigenvalue weighted by atomic mass is 10.2. The molecule has 2 aromatic rings. The molecule has 2 heterocycles. The van der Waals surface area contributed by atoms with Crippen LogP contribution in [-0.2, 0) is 29.4 Å². The Balaban J connectivity index is 1.97. The molecule has 1 aliphatic carbocycles. The lowest BCUT2D eigenvalue weighted by Crippen LogP contribution is -2.16. The average Bonchev–Trinajstić information content (AvgIpc) is 3.01. The first-order valence-electron chi connectivity index (χ1n) is 6.72. The maximum absolute atomic E-state index is 12.6. The van der Waals surface area contributed by atoms with Gasteiger partial charge in [0.25, 0.3) is 10.0 Å². The fraction of sp³-hybridized carbons (Fsp3) is 0.462. The van der Waals surface area contributed by atoms with Crippen molar-refractivity contribution in [3.8, 4) is 0 Å². The van der Waals surface area contributed by atoms with Gasteiger partial charge in [0.05, 0.1) is 5.69 Å². The number of sulfonamides is 1. The summed E-state index contributed by atoms with van der Waals surface area (Å²) in [6.07, 6.45) is 3.00. The maximum Gasteiger partial charge on any atom is 0.267 e. The van der Waals surface area contributed by atoms with Gasteiger partial charge in [-0.1, -0.05) is 0 Å². The molecule has 3 rings (SSSR count). The first kappa shape index (κ1) is 14.6. The fourth-order valence-corrected chi connectivity index (χ4v) is 5.44. The van der Waals surface area contributed by atoms with Crippen molar-refractivity contribution in [2.75, 3.05) is 4.72 Å². The van der Waals surface area contributed by atoms with Gasteiger partial charge in [-0.3, -0.25) is 4.72 Å². The smallest absolute Gasteiger partial charge is 0.267 e. The fourth-order valence-electron chi connectivity index (χ4n) is 2.70. The van der Waals surface area contributed by atoms with Crippen molar-refractivity contribution in [2.24, 2.45) is 5.73 Å². The summed E-state index contributed by atoms with van der Waals surface area (Å²) in [5, 5.41) is 0.418. The molecule has 6 nitrogen and oxygen atoms in total. The van der Waals surface area contributed by atoms with E-state index < -0.39 is 10.0 Å². The molecule has 0 spiro atoms. The van der Waals surface area contributed by atoms with Gasteiger partial charge < -0.3 is 10.2 Å². The number of furan rings is 1. The number of rotatable bonds is 4. The van der Waals surface area contributed by atoms with Gasteiger partial charge in [0, 0.05) is 17.0 Å². The highest BCUT2D eigenvalue weighted by Gasteiger charge is 2.28. The number of anilines is 1. The number of thiazole rings is 1. The maximum atomic E-state index is 12.6. The minimum Gasteiger partial charge on any atom is -0.465 e. The molecule has 8 heteroatoms. The number of nitrogens with zero attached hydrogens (tertiary/aromatic N) is 1. The summed E-state index contributed by atoms with van der Waals surface area (Å²) in [7, 11) is -3.73. The summed E-state index contributed by atoms with van der Waals surface area (Å²) < 4.78 is 33.1. The second-order valence-corrected chi connectivity index (χ2v) is 7.78. The summed E-state index contributed by atoms with van der Waals surface area (Å²) in [5.74, 6) is 0.890. The molecule has 0 saturated heterocycles. The first-order valence-corrected chi connectivity index (χ1v) is 9.02. The minimum absolute atomic E-state index is 0.119. The second kappa shape index (κ2) is 5.11. The van der Waals surface area contributed by atoms with E-state index in [1.165, 1.54) is 16.2 Å². The molecule has 2 aromatic heterocycles. The Morgan fingerprint density at radius 1 is 1.33 bits per heavy atom. The molecule has 0 fully saturated rings. The van der Waals surface area contributed by atoms with Crippen molar-refractivity contribution >= 4 is 26.5 Å². The van der Waals surface area contributed by atoms with Crippen LogP contribution in [0, 0.1) is 13.8 Å². The van der Waals surface area contributed by atoms with E-state index in [1.54, 1.807) is 13.8 Å². The van der Waals surface area contributed by atoms with Gasteiger partial charge in [0.15, 0.2) is 5.13 Å². The topological polar surface area (TPSA) is 98.2 Å². The number of aromatic nitrogens is 1. The molecule has 0 atom stereocenters. The molecular weight excluding hydrogens is 310 g/mol. The Hall–Kier alpha value is -1.38. The Labute approximate surface area is 127 Å². The zero-order chi connectivity index (χ0) is 15.2. The van der Waals surface area contributed by atoms with Crippen LogP contribution in [0.3, 0.4) is 0 Å². The van der Waals surface area contributed by atoms with Crippen LogP contribution < -0.4 is 10.5 Å². The van der Waals surface area contributed by atoms with E-state index in [2.05, 4.69) is 9.71 Å². The molecule has 0 unspecified atom stereocenters. The van der Waals surface area contributed by atoms with E-state index >= 15 is 0 Å². The van der Waals surface area contributed by atoms with Crippen molar-refractivity contribution in [1.29, 1.82) is 0 Å². The Bertz CT molecular complexity index is 768. The second-order valence-electron chi connectivity index (χ2n) is 5.07. The highest BCUT2D eigenvalue weighted by atomic mass is 32.2. The van der Waals surface area contributed by atoms with Gasteiger partial charge in [0.2, 0.25) is 0 Å². The lowest BCUT2D eigenvalue weighted by molar-refractivity contribution is 0.494. The zero-order valence-electron chi connectivity index (χ0n) is 11.9. The van der Waals surface area contributed by atoms with Gasteiger partial charge in [0.1, 0.15) is 16.4 Å². The van der Waals surface area contributed by atoms with Crippen LogP contribution >= 0.6 is 11.3 Å². The highest BCUT2D eigenvalue weighted by Crippen LogP contribution is 2.33. The SMILES string of the molecule is Cc1oc(C)c(S(=O)(=O)Nc2nc3c(s2)CCC3)c1CN. The van der Waals surface area contributed by atoms with Gasteiger partial charge in [-0.2, -0.15) is 0 Å². The number of nitrogens with two attached hydrogens (primary N) is 1. The monoisotopic (exact) mass is 327 g/mol. The predicted octanol–water partition coefficient (Wildman–Crippen LogP) is 2.10. The molecule has 0 aromatic carbocycles. The first-order chi connectivity index (χ1) is 9.92. The van der Waals surface area contributed by atoms with Crippen LogP contribution in [0.2, 0.25) is 0 Å². The Morgan fingerprint density at radius 2 is 2.10 bits per heavy atom. The van der Waals surface area contributed by atoms with Gasteiger partial charge in [-0.05, 0) is 33.1 Å². The molecule has 3 N–H and O–H groups in total. The largest absolute Gasteiger partial charge is 0.465 e. The van der Waals surface area contributed by atoms with Gasteiger partial charge in [-0.15, -0.1) is 11.3 Å². The molecule has 0 saturated carbocycles. The van der Waals surface area contributed by atoms with E-state index in [0.717, 1.165) is 25.0 Å². The van der Waals surface area contributed by atoms with E-state index in [9.17, 15) is 8.42 Å². The van der Waals surface area contributed by atoms with E-state index in [-0.39, 0.29) is 11.4 Å². The minimum atomic E-state index is -3.73. The van der Waals surface area contributed by atoms with Gasteiger partial charge in [-0.25, -0.2) is 13.4 Å². The number of fused-ring (bicyclic) bond motifs is 1. The molecule has 0 radical (unpaired) electrons. The third-order valence-electron chi connectivity index (χ3n) is 3.62. The van der Waals surface area contributed by atoms with Crippen molar-refractivity contribution in [2.45, 2.75) is 44.6 Å². The third kappa shape index (κ3) is 2.47. The molecular formula is C13H17N3O3S2. The van der Waals surface area contributed by atoms with Crippen LogP contribution in [0.4, 0.5) is 5.13 Å². The van der Waals surface area contributed by atoms with Crippen molar-refractivity contribution < 1.29 is 12.8 Å². The van der Waals surface area contributed by atoms with E-state index in [0.29, 0.717) is 22.2 Å². The Morgan fingerprint density at radius 3 is 2.76 bits per heavy atom. The predicted molar refractivity (Wildman–Crippen MR) is 81.0 cm³/mol. The third-order valence-corrected chi connectivity index (χ3v) is 6.35. The van der Waals surface area contributed by atoms with Crippen LogP contribution in [0.5, 0.6) is 0 Å². The summed E-state index contributed by atoms with van der Waals surface area (Å²) in [4.78, 5) is 5.67. The highest BCUT2D eigenvalue weighted by molar-refractivity contribution is 7.93. The van der Waals surface area contributed by atoms with Crippen LogP contribution in [0.15, 0.2) is 9.31 Å². The Kier molecular flexibility index (Phi) is 3.54. The average molecular weight is 327 g/mol. The summed E-state index contributed by atoms with van der Waals surface area (Å²) in [5.41, 5.74) is 7.18. The number of hydrogen-bond acceptors (Lipinski definition) is 6. The van der Waals surface area contributed by atoms with Crippen LogP contribution in [0.1, 0.15) is 34.1 Å². The van der Waals surface area contributed by atoms with E-state index in [1.807, 2.05) is 0 Å². The summed E-state index contributed by atoms with van der Waals surface area (Å²) >= 11 is 1.41. The molecule has 0 aliphatic heterocycles. The molecule has 0 bridgehead atoms. The van der Waals surface area contributed by atoms with Crippen LogP contribution in [0.25, 0.3) is 0 Å². The summed E-state index contributed by atoms with van der Waals surface area (Å²) in [6.45, 7) is 3.46. The number of nitrogens with one attached hydrogen (secondary N) is 1. The van der Waals surface area contributed by atoms with Crippen molar-refractivity contribution in [3.63, 3.8) is 0 Å². The number of aryl methyl sites for hydroxylation is 4. The zero-order valence-corrected chi connectivity index (χ0v) is 13.5. The molecule has 0 amide bonds. The molecule has 21 heavy (non-hydrogen) atoms. The standard InChI is InChI=1S/C13H17N3O3S2/c1-7-9(6-14)12(8(2)19-7)21(17,18)16-13-15-10-4-3-5-11(10)20-13/h3-6,14H2,1-2H3,(H,15,16). The normalized spacial score (nSPS) is 14.4. The van der Waals surface area contributed by atoms with E-state index in [4.69, 9.17) is 10.2 Å². The van der Waals surface area contributed by atoms with Crippen LogP contribution in [-0.4, -0.2) is 13.4 Å². The van der Waals surface area contributed by atoms with Gasteiger partial charge >= 0.3 is 0 Å². The quantitative estimate of drug-likeness (QED) is 0.896. The molecule has 1 aliphatic rings. The molecule has 114 valence electrons. The number of hydrogen-bond donors (Lipinski definition) is 2. The summed E-state index contributed by atoms with van der Waals surface area (Å²) in [6, 6.07) is 0. The van der Waals surface area contributed by atoms with Crippen molar-refractivity contribution in [1.82, 2.24) is 4.98 Å². The van der Waals surface area contributed by atoms with Crippen molar-refractivity contribution in [3.05, 3.63) is 27.7 Å². The lowest BCUT2D eigenvalue weighted by Gasteiger charge is -2.06.